The van der Waals surface area contributed by atoms with E-state index < -0.39 is 0 Å². The van der Waals surface area contributed by atoms with Crippen molar-refractivity contribution in [1.29, 1.82) is 0 Å². The van der Waals surface area contributed by atoms with Gasteiger partial charge in [0.2, 0.25) is 0 Å². The smallest absolute Gasteiger partial charge is 0.0765 e. The van der Waals surface area contributed by atoms with Crippen molar-refractivity contribution in [2.24, 2.45) is 5.92 Å². The minimum atomic E-state index is 0.492. The Morgan fingerprint density at radius 3 is 2.71 bits per heavy atom. The lowest BCUT2D eigenvalue weighted by Gasteiger charge is -2.42. The van der Waals surface area contributed by atoms with Gasteiger partial charge in [-0.15, -0.1) is 0 Å². The second-order valence-electron chi connectivity index (χ2n) is 6.80. The van der Waals surface area contributed by atoms with Gasteiger partial charge in [0.25, 0.3) is 0 Å². The molecular weight excluding hydrogens is 260 g/mol. The van der Waals surface area contributed by atoms with E-state index in [1.54, 1.807) is 0 Å². The minimum Gasteiger partial charge on any atom is -0.311 e. The van der Waals surface area contributed by atoms with Crippen molar-refractivity contribution in [3.63, 3.8) is 0 Å². The van der Waals surface area contributed by atoms with Gasteiger partial charge in [-0.1, -0.05) is 27.7 Å². The second kappa shape index (κ2) is 7.41. The molecule has 2 heterocycles. The van der Waals surface area contributed by atoms with E-state index in [9.17, 15) is 0 Å². The molecule has 0 spiro atoms. The molecule has 1 aliphatic heterocycles. The standard InChI is InChI=1S/C17H32N4/c1-6-14(5)21-9-8-16(19-21)12-20-11-15(7-2)18-10-17(20)13(3)4/h8-9,13-15,17-18H,6-7,10-12H2,1-5H3. The molecular formula is C17H32N4. The molecule has 1 aromatic rings. The van der Waals surface area contributed by atoms with Crippen LogP contribution in [0.1, 0.15) is 59.2 Å². The van der Waals surface area contributed by atoms with Crippen LogP contribution in [-0.4, -0.2) is 39.9 Å². The first-order chi connectivity index (χ1) is 10.0. The van der Waals surface area contributed by atoms with Gasteiger partial charge < -0.3 is 5.32 Å². The Bertz CT molecular complexity index is 426. The van der Waals surface area contributed by atoms with Crippen LogP contribution in [0.15, 0.2) is 12.3 Å². The van der Waals surface area contributed by atoms with Crippen LogP contribution in [0.5, 0.6) is 0 Å². The highest BCUT2D eigenvalue weighted by Crippen LogP contribution is 2.19. The van der Waals surface area contributed by atoms with Gasteiger partial charge in [-0.3, -0.25) is 9.58 Å². The van der Waals surface area contributed by atoms with Crippen LogP contribution in [-0.2, 0) is 6.54 Å². The molecule has 0 aromatic carbocycles. The summed E-state index contributed by atoms with van der Waals surface area (Å²) in [5.74, 6) is 0.673. The summed E-state index contributed by atoms with van der Waals surface area (Å²) in [7, 11) is 0. The van der Waals surface area contributed by atoms with Gasteiger partial charge >= 0.3 is 0 Å². The molecule has 4 nitrogen and oxygen atoms in total. The van der Waals surface area contributed by atoms with Gasteiger partial charge in [-0.2, -0.15) is 5.10 Å². The molecule has 0 radical (unpaired) electrons. The quantitative estimate of drug-likeness (QED) is 0.875. The van der Waals surface area contributed by atoms with Crippen LogP contribution < -0.4 is 5.32 Å². The third-order valence-electron chi connectivity index (χ3n) is 4.87. The van der Waals surface area contributed by atoms with Crippen LogP contribution in [0.25, 0.3) is 0 Å². The molecule has 21 heavy (non-hydrogen) atoms. The fourth-order valence-corrected chi connectivity index (χ4v) is 3.11. The molecule has 0 amide bonds. The Balaban J connectivity index is 2.05. The van der Waals surface area contributed by atoms with E-state index >= 15 is 0 Å². The SMILES string of the molecule is CCC1CN(Cc2ccn(C(C)CC)n2)C(C(C)C)CN1. The van der Waals surface area contributed by atoms with E-state index in [1.165, 1.54) is 12.1 Å². The molecule has 1 saturated heterocycles. The van der Waals surface area contributed by atoms with Crippen LogP contribution in [0.2, 0.25) is 0 Å². The number of nitrogens with one attached hydrogen (secondary N) is 1. The average Bonchev–Trinajstić information content (AvgIpc) is 2.94. The Labute approximate surface area is 129 Å². The minimum absolute atomic E-state index is 0.492. The van der Waals surface area contributed by atoms with Crippen LogP contribution >= 0.6 is 0 Å². The lowest BCUT2D eigenvalue weighted by atomic mass is 9.97. The summed E-state index contributed by atoms with van der Waals surface area (Å²) in [5, 5.41) is 8.46. The summed E-state index contributed by atoms with van der Waals surface area (Å²) >= 11 is 0. The third-order valence-corrected chi connectivity index (χ3v) is 4.87. The number of aromatic nitrogens is 2. The maximum absolute atomic E-state index is 4.77. The van der Waals surface area contributed by atoms with Crippen LogP contribution in [0.3, 0.4) is 0 Å². The van der Waals surface area contributed by atoms with E-state index in [1.807, 2.05) is 0 Å². The molecule has 3 unspecified atom stereocenters. The first-order valence-electron chi connectivity index (χ1n) is 8.56. The molecule has 1 N–H and O–H groups in total. The zero-order valence-corrected chi connectivity index (χ0v) is 14.3. The Morgan fingerprint density at radius 1 is 1.33 bits per heavy atom. The molecule has 0 saturated carbocycles. The Kier molecular flexibility index (Phi) is 5.82. The number of hydrogen-bond acceptors (Lipinski definition) is 3. The van der Waals surface area contributed by atoms with Gasteiger partial charge in [0, 0.05) is 44.0 Å². The van der Waals surface area contributed by atoms with Crippen molar-refractivity contribution < 1.29 is 0 Å². The maximum atomic E-state index is 4.77. The lowest BCUT2D eigenvalue weighted by Crippen LogP contribution is -2.57. The van der Waals surface area contributed by atoms with Crippen molar-refractivity contribution in [1.82, 2.24) is 20.0 Å². The molecule has 1 fully saturated rings. The summed E-state index contributed by atoms with van der Waals surface area (Å²) < 4.78 is 2.11. The van der Waals surface area contributed by atoms with Gasteiger partial charge in [0.05, 0.1) is 5.69 Å². The van der Waals surface area contributed by atoms with Gasteiger partial charge in [0.1, 0.15) is 0 Å². The Morgan fingerprint density at radius 2 is 2.10 bits per heavy atom. The molecule has 3 atom stereocenters. The van der Waals surface area contributed by atoms with E-state index in [2.05, 4.69) is 61.8 Å². The highest BCUT2D eigenvalue weighted by molar-refractivity contribution is 5.01. The molecule has 1 aliphatic rings. The summed E-state index contributed by atoms with van der Waals surface area (Å²) in [6.07, 6.45) is 4.46. The Hall–Kier alpha value is -0.870. The summed E-state index contributed by atoms with van der Waals surface area (Å²) in [6, 6.07) is 3.91. The predicted molar refractivity (Wildman–Crippen MR) is 88.3 cm³/mol. The van der Waals surface area contributed by atoms with Gasteiger partial charge in [0.15, 0.2) is 0 Å². The summed E-state index contributed by atoms with van der Waals surface area (Å²) in [5.41, 5.74) is 1.21. The monoisotopic (exact) mass is 292 g/mol. The molecule has 1 aromatic heterocycles. The summed E-state index contributed by atoms with van der Waals surface area (Å²) in [6.45, 7) is 14.6. The molecule has 2 rings (SSSR count). The van der Waals surface area contributed by atoms with Crippen molar-refractivity contribution in [3.8, 4) is 0 Å². The number of hydrogen-bond donors (Lipinski definition) is 1. The lowest BCUT2D eigenvalue weighted by molar-refractivity contribution is 0.0885. The third kappa shape index (κ3) is 4.07. The average molecular weight is 292 g/mol. The zero-order chi connectivity index (χ0) is 15.4. The van der Waals surface area contributed by atoms with Crippen molar-refractivity contribution >= 4 is 0 Å². The first-order valence-corrected chi connectivity index (χ1v) is 8.56. The van der Waals surface area contributed by atoms with Crippen molar-refractivity contribution in [3.05, 3.63) is 18.0 Å². The molecule has 0 aliphatic carbocycles. The van der Waals surface area contributed by atoms with Crippen molar-refractivity contribution in [2.45, 2.75) is 72.1 Å². The van der Waals surface area contributed by atoms with E-state index in [4.69, 9.17) is 5.10 Å². The molecule has 120 valence electrons. The van der Waals surface area contributed by atoms with Crippen molar-refractivity contribution in [2.75, 3.05) is 13.1 Å². The maximum Gasteiger partial charge on any atom is 0.0765 e. The van der Waals surface area contributed by atoms with Gasteiger partial charge in [-0.25, -0.2) is 0 Å². The number of nitrogens with zero attached hydrogens (tertiary/aromatic N) is 3. The largest absolute Gasteiger partial charge is 0.311 e. The highest BCUT2D eigenvalue weighted by atomic mass is 15.3. The van der Waals surface area contributed by atoms with Crippen LogP contribution in [0.4, 0.5) is 0 Å². The normalized spacial score (nSPS) is 25.4. The van der Waals surface area contributed by atoms with E-state index in [0.717, 1.165) is 26.1 Å². The van der Waals surface area contributed by atoms with E-state index in [-0.39, 0.29) is 0 Å². The predicted octanol–water partition coefficient (Wildman–Crippen LogP) is 3.06. The zero-order valence-electron chi connectivity index (χ0n) is 14.3. The van der Waals surface area contributed by atoms with Crippen LogP contribution in [0, 0.1) is 5.92 Å². The van der Waals surface area contributed by atoms with Gasteiger partial charge in [-0.05, 0) is 31.7 Å². The number of piperazine rings is 1. The highest BCUT2D eigenvalue weighted by Gasteiger charge is 2.29. The second-order valence-corrected chi connectivity index (χ2v) is 6.80. The fourth-order valence-electron chi connectivity index (χ4n) is 3.11. The number of rotatable bonds is 6. The van der Waals surface area contributed by atoms with E-state index in [0.29, 0.717) is 24.0 Å². The fraction of sp³-hybridized carbons (Fsp3) is 0.824. The molecule has 0 bridgehead atoms. The first kappa shape index (κ1) is 16.5. The summed E-state index contributed by atoms with van der Waals surface area (Å²) in [4.78, 5) is 2.62. The molecule has 4 heteroatoms. The topological polar surface area (TPSA) is 33.1 Å².